The number of nitrogens with two attached hydrogens (primary N) is 1. The monoisotopic (exact) mass is 398 g/mol. The number of imidazole rings is 1. The minimum atomic E-state index is -1.47. The third-order valence-corrected chi connectivity index (χ3v) is 3.82. The minimum absolute atomic E-state index is 0.207. The van der Waals surface area contributed by atoms with Crippen molar-refractivity contribution in [3.8, 4) is 0 Å². The highest BCUT2D eigenvalue weighted by Crippen LogP contribution is 2.04. The van der Waals surface area contributed by atoms with Gasteiger partial charge in [-0.05, 0) is 5.92 Å². The van der Waals surface area contributed by atoms with Crippen LogP contribution in [-0.4, -0.2) is 75.1 Å². The lowest BCUT2D eigenvalue weighted by Gasteiger charge is -2.23. The smallest absolute Gasteiger partial charge is 0.328 e. The van der Waals surface area contributed by atoms with Gasteiger partial charge < -0.3 is 36.9 Å². The van der Waals surface area contributed by atoms with Gasteiger partial charge in [-0.1, -0.05) is 13.8 Å². The van der Waals surface area contributed by atoms with E-state index in [0.717, 1.165) is 0 Å². The Kier molecular flexibility index (Phi) is 9.05. The number of aliphatic hydroxyl groups excluding tert-OH is 1. The molecule has 0 spiro atoms. The van der Waals surface area contributed by atoms with Gasteiger partial charge in [0, 0.05) is 18.3 Å². The summed E-state index contributed by atoms with van der Waals surface area (Å²) in [6.07, 6.45) is 3.20. The van der Waals surface area contributed by atoms with Crippen LogP contribution in [0.2, 0.25) is 0 Å². The van der Waals surface area contributed by atoms with Crippen LogP contribution in [0.25, 0.3) is 0 Å². The number of carboxylic acids is 1. The molecule has 0 aromatic carbocycles. The van der Waals surface area contributed by atoms with E-state index in [0.29, 0.717) is 5.69 Å². The molecule has 8 N–H and O–H groups in total. The number of nitrogens with zero attached hydrogens (tertiary/aromatic N) is 1. The number of carbonyl (C=O) groups excluding carboxylic acids is 3. The highest BCUT2D eigenvalue weighted by Gasteiger charge is 2.27. The Morgan fingerprint density at radius 1 is 1.21 bits per heavy atom. The van der Waals surface area contributed by atoms with Crippen molar-refractivity contribution >= 4 is 23.7 Å². The number of H-pyrrole nitrogens is 1. The summed E-state index contributed by atoms with van der Waals surface area (Å²) in [5.74, 6) is -3.65. The molecule has 0 bridgehead atoms. The molecule has 28 heavy (non-hydrogen) atoms. The molecule has 156 valence electrons. The van der Waals surface area contributed by atoms with Crippen LogP contribution in [0.4, 0.5) is 0 Å². The highest BCUT2D eigenvalue weighted by atomic mass is 16.4. The number of hydrogen-bond acceptors (Lipinski definition) is 7. The number of aromatic nitrogens is 2. The number of carbonyl (C=O) groups is 4. The van der Waals surface area contributed by atoms with Crippen LogP contribution in [-0.2, 0) is 25.6 Å². The molecular weight excluding hydrogens is 372 g/mol. The second kappa shape index (κ2) is 11.0. The van der Waals surface area contributed by atoms with Crippen LogP contribution in [0.1, 0.15) is 19.5 Å². The van der Waals surface area contributed by atoms with Gasteiger partial charge in [-0.15, -0.1) is 0 Å². The second-order valence-corrected chi connectivity index (χ2v) is 6.48. The number of aliphatic hydroxyl groups is 1. The lowest BCUT2D eigenvalue weighted by atomic mass is 10.0. The van der Waals surface area contributed by atoms with Crippen molar-refractivity contribution in [1.29, 1.82) is 0 Å². The van der Waals surface area contributed by atoms with Crippen LogP contribution in [0.3, 0.4) is 0 Å². The minimum Gasteiger partial charge on any atom is -0.480 e. The van der Waals surface area contributed by atoms with Crippen molar-refractivity contribution in [2.24, 2.45) is 11.7 Å². The van der Waals surface area contributed by atoms with Crippen LogP contribution in [0, 0.1) is 5.92 Å². The molecule has 0 saturated heterocycles. The van der Waals surface area contributed by atoms with E-state index in [1.807, 2.05) is 0 Å². The van der Waals surface area contributed by atoms with Gasteiger partial charge in [0.1, 0.15) is 12.1 Å². The van der Waals surface area contributed by atoms with Gasteiger partial charge in [0.2, 0.25) is 17.7 Å². The molecule has 12 nitrogen and oxygen atoms in total. The molecule has 0 aliphatic carbocycles. The van der Waals surface area contributed by atoms with Crippen molar-refractivity contribution in [3.63, 3.8) is 0 Å². The highest BCUT2D eigenvalue weighted by molar-refractivity contribution is 5.92. The van der Waals surface area contributed by atoms with E-state index in [9.17, 15) is 19.2 Å². The zero-order valence-electron chi connectivity index (χ0n) is 15.6. The van der Waals surface area contributed by atoms with Crippen LogP contribution in [0.5, 0.6) is 0 Å². The Balaban J connectivity index is 2.57. The third-order valence-electron chi connectivity index (χ3n) is 3.82. The average Bonchev–Trinajstić information content (AvgIpc) is 3.14. The summed E-state index contributed by atoms with van der Waals surface area (Å²) < 4.78 is 0. The summed E-state index contributed by atoms with van der Waals surface area (Å²) in [4.78, 5) is 53.7. The maximum atomic E-state index is 12.3. The molecule has 3 atom stereocenters. The SMILES string of the molecule is CC(C)C(NC(=O)C(N)Cc1cnc[nH]1)C(=O)NCC(=O)NC(CO)C(=O)O. The molecule has 0 fully saturated rings. The maximum absolute atomic E-state index is 12.3. The lowest BCUT2D eigenvalue weighted by molar-refractivity contribution is -0.142. The van der Waals surface area contributed by atoms with E-state index in [1.165, 1.54) is 12.5 Å². The molecule has 3 unspecified atom stereocenters. The Morgan fingerprint density at radius 3 is 2.39 bits per heavy atom. The molecule has 1 rings (SSSR count). The molecule has 1 aromatic heterocycles. The van der Waals surface area contributed by atoms with Gasteiger partial charge >= 0.3 is 5.97 Å². The van der Waals surface area contributed by atoms with E-state index in [4.69, 9.17) is 15.9 Å². The number of nitrogens with one attached hydrogen (secondary N) is 4. The fourth-order valence-corrected chi connectivity index (χ4v) is 2.23. The van der Waals surface area contributed by atoms with E-state index in [1.54, 1.807) is 13.8 Å². The summed E-state index contributed by atoms with van der Waals surface area (Å²) >= 11 is 0. The summed E-state index contributed by atoms with van der Waals surface area (Å²) in [6, 6.07) is -3.31. The van der Waals surface area contributed by atoms with E-state index in [2.05, 4.69) is 25.9 Å². The number of aliphatic carboxylic acids is 1. The molecule has 0 aliphatic rings. The van der Waals surface area contributed by atoms with Crippen molar-refractivity contribution in [3.05, 3.63) is 18.2 Å². The molecule has 1 heterocycles. The molecule has 3 amide bonds. The fraction of sp³-hybridized carbons (Fsp3) is 0.562. The molecule has 1 aromatic rings. The van der Waals surface area contributed by atoms with E-state index in [-0.39, 0.29) is 12.3 Å². The largest absolute Gasteiger partial charge is 0.480 e. The number of rotatable bonds is 11. The van der Waals surface area contributed by atoms with E-state index >= 15 is 0 Å². The van der Waals surface area contributed by atoms with Crippen molar-refractivity contribution < 1.29 is 29.4 Å². The molecular formula is C16H26N6O6. The van der Waals surface area contributed by atoms with Gasteiger partial charge in [-0.2, -0.15) is 0 Å². The Morgan fingerprint density at radius 2 is 1.89 bits per heavy atom. The standard InChI is InChI=1S/C16H26N6O6/c1-8(2)13(22-14(25)10(17)3-9-4-18-7-20-9)15(26)19-5-12(24)21-11(6-23)16(27)28/h4,7-8,10-11,13,23H,3,5-6,17H2,1-2H3,(H,18,20)(H,19,26)(H,21,24)(H,22,25)(H,27,28). The van der Waals surface area contributed by atoms with Gasteiger partial charge in [0.15, 0.2) is 0 Å². The van der Waals surface area contributed by atoms with Gasteiger partial charge in [0.25, 0.3) is 0 Å². The van der Waals surface area contributed by atoms with Crippen molar-refractivity contribution in [2.75, 3.05) is 13.2 Å². The quantitative estimate of drug-likeness (QED) is 0.206. The third kappa shape index (κ3) is 7.32. The summed E-state index contributed by atoms with van der Waals surface area (Å²) in [5.41, 5.74) is 6.51. The molecule has 0 radical (unpaired) electrons. The topological polar surface area (TPSA) is 200 Å². The Labute approximate surface area is 161 Å². The van der Waals surface area contributed by atoms with Gasteiger partial charge in [-0.3, -0.25) is 14.4 Å². The lowest BCUT2D eigenvalue weighted by Crippen LogP contribution is -2.55. The van der Waals surface area contributed by atoms with Crippen LogP contribution >= 0.6 is 0 Å². The Hall–Kier alpha value is -2.99. The number of amides is 3. The fourth-order valence-electron chi connectivity index (χ4n) is 2.23. The van der Waals surface area contributed by atoms with Crippen molar-refractivity contribution in [1.82, 2.24) is 25.9 Å². The first kappa shape index (κ1) is 23.0. The predicted molar refractivity (Wildman–Crippen MR) is 96.7 cm³/mol. The van der Waals surface area contributed by atoms with Crippen molar-refractivity contribution in [2.45, 2.75) is 38.4 Å². The first-order valence-corrected chi connectivity index (χ1v) is 8.59. The molecule has 0 saturated carbocycles. The molecule has 12 heteroatoms. The zero-order chi connectivity index (χ0) is 21.3. The predicted octanol–water partition coefficient (Wildman–Crippen LogP) is -2.90. The zero-order valence-corrected chi connectivity index (χ0v) is 15.6. The van der Waals surface area contributed by atoms with Gasteiger partial charge in [-0.25, -0.2) is 9.78 Å². The van der Waals surface area contributed by atoms with Gasteiger partial charge in [0.05, 0.1) is 25.5 Å². The average molecular weight is 398 g/mol. The van der Waals surface area contributed by atoms with Crippen LogP contribution < -0.4 is 21.7 Å². The maximum Gasteiger partial charge on any atom is 0.328 e. The van der Waals surface area contributed by atoms with E-state index < -0.39 is 55.0 Å². The Bertz CT molecular complexity index is 677. The summed E-state index contributed by atoms with van der Waals surface area (Å²) in [7, 11) is 0. The number of aromatic amines is 1. The number of hydrogen-bond donors (Lipinski definition) is 7. The number of carboxylic acid groups (broad SMARTS) is 1. The summed E-state index contributed by atoms with van der Waals surface area (Å²) in [6.45, 7) is 2.12. The normalized spacial score (nSPS) is 14.0. The van der Waals surface area contributed by atoms with Crippen LogP contribution in [0.15, 0.2) is 12.5 Å². The first-order chi connectivity index (χ1) is 13.1. The first-order valence-electron chi connectivity index (χ1n) is 8.59. The molecule has 0 aliphatic heterocycles. The second-order valence-electron chi connectivity index (χ2n) is 6.48. The summed E-state index contributed by atoms with van der Waals surface area (Å²) in [5, 5.41) is 24.6.